The topological polar surface area (TPSA) is 116 Å². The van der Waals surface area contributed by atoms with E-state index in [9.17, 15) is 18.0 Å². The number of nitrogens with two attached hydrogens (primary N) is 1. The summed E-state index contributed by atoms with van der Waals surface area (Å²) in [5.74, 6) is -0.952. The van der Waals surface area contributed by atoms with Gasteiger partial charge in [-0.3, -0.25) is 14.5 Å². The number of sulfone groups is 1. The third-order valence-electron chi connectivity index (χ3n) is 5.40. The van der Waals surface area contributed by atoms with Crippen LogP contribution in [0.3, 0.4) is 0 Å². The lowest BCUT2D eigenvalue weighted by molar-refractivity contribution is -0.123. The van der Waals surface area contributed by atoms with Gasteiger partial charge < -0.3 is 15.2 Å². The fraction of sp³-hybridized carbons (Fsp3) is 0.333. The summed E-state index contributed by atoms with van der Waals surface area (Å²) in [6.07, 6.45) is 0.983. The van der Waals surface area contributed by atoms with Gasteiger partial charge in [0.1, 0.15) is 6.04 Å². The summed E-state index contributed by atoms with van der Waals surface area (Å²) in [5, 5.41) is 0.119. The van der Waals surface area contributed by atoms with Crippen LogP contribution < -0.4 is 15.2 Å². The molecule has 0 saturated carbocycles. The van der Waals surface area contributed by atoms with E-state index in [2.05, 4.69) is 6.07 Å². The molecule has 165 valence electrons. The molecule has 2 aromatic carbocycles. The van der Waals surface area contributed by atoms with Gasteiger partial charge in [-0.1, -0.05) is 23.7 Å². The van der Waals surface area contributed by atoms with Crippen molar-refractivity contribution in [3.8, 4) is 11.5 Å². The molecular weight excluding hydrogens is 444 g/mol. The van der Waals surface area contributed by atoms with Crippen molar-refractivity contribution in [2.75, 3.05) is 20.0 Å². The highest BCUT2D eigenvalue weighted by Crippen LogP contribution is 2.48. The van der Waals surface area contributed by atoms with Crippen molar-refractivity contribution in [2.45, 2.75) is 24.8 Å². The molecule has 3 rings (SSSR count). The van der Waals surface area contributed by atoms with Crippen molar-refractivity contribution >= 4 is 33.3 Å². The zero-order valence-corrected chi connectivity index (χ0v) is 19.0. The van der Waals surface area contributed by atoms with Gasteiger partial charge in [0.05, 0.1) is 19.3 Å². The Hall–Kier alpha value is -2.78. The summed E-state index contributed by atoms with van der Waals surface area (Å²) in [7, 11) is -2.58. The van der Waals surface area contributed by atoms with Crippen LogP contribution in [0.5, 0.6) is 11.5 Å². The Morgan fingerprint density at radius 3 is 2.55 bits per heavy atom. The second-order valence-electron chi connectivity index (χ2n) is 7.15. The molecule has 1 radical (unpaired) electrons. The average molecular weight is 466 g/mol. The molecule has 1 aliphatic rings. The van der Waals surface area contributed by atoms with E-state index in [4.69, 9.17) is 26.8 Å². The lowest BCUT2D eigenvalue weighted by Gasteiger charge is -2.40. The minimum atomic E-state index is -4.04. The fourth-order valence-corrected chi connectivity index (χ4v) is 5.13. The van der Waals surface area contributed by atoms with Crippen LogP contribution in [0.2, 0.25) is 5.02 Å². The Balaban J connectivity index is 2.32. The third-order valence-corrected chi connectivity index (χ3v) is 7.60. The number of amides is 2. The minimum Gasteiger partial charge on any atom is -0.493 e. The zero-order chi connectivity index (χ0) is 23.1. The number of primary amides is 1. The molecule has 2 unspecified atom stereocenters. The molecule has 2 N–H and O–H groups in total. The molecule has 2 aromatic rings. The van der Waals surface area contributed by atoms with E-state index in [-0.39, 0.29) is 21.7 Å². The van der Waals surface area contributed by atoms with E-state index in [0.29, 0.717) is 18.1 Å². The van der Waals surface area contributed by atoms with E-state index in [0.717, 1.165) is 11.2 Å². The summed E-state index contributed by atoms with van der Waals surface area (Å²) in [6, 6.07) is 8.77. The predicted molar refractivity (Wildman–Crippen MR) is 115 cm³/mol. The van der Waals surface area contributed by atoms with E-state index in [1.807, 2.05) is 0 Å². The molecule has 8 nitrogen and oxygen atoms in total. The van der Waals surface area contributed by atoms with Gasteiger partial charge in [-0.2, -0.15) is 0 Å². The van der Waals surface area contributed by atoms with Crippen molar-refractivity contribution < 1.29 is 27.5 Å². The standard InChI is InChI=1S/C21H22ClN2O6S/c1-5-30-16-11-12(9-10-15(16)29-3)21(2,31(4,27)28)24-18(19(23)25)17-13(20(24)26)7-6-8-14(17)22/h6,8-11,18H,5H2,1-4H3,(H2,23,25). The number of hydrogen-bond donors (Lipinski definition) is 1. The monoisotopic (exact) mass is 465 g/mol. The summed E-state index contributed by atoms with van der Waals surface area (Å²) < 4.78 is 37.2. The van der Waals surface area contributed by atoms with Gasteiger partial charge in [-0.05, 0) is 43.7 Å². The maximum absolute atomic E-state index is 13.4. The van der Waals surface area contributed by atoms with Crippen molar-refractivity contribution in [1.29, 1.82) is 0 Å². The Morgan fingerprint density at radius 1 is 1.32 bits per heavy atom. The molecule has 0 spiro atoms. The normalized spacial score (nSPS) is 17.8. The van der Waals surface area contributed by atoms with Crippen LogP contribution in [-0.4, -0.2) is 45.1 Å². The van der Waals surface area contributed by atoms with Gasteiger partial charge in [-0.15, -0.1) is 0 Å². The molecule has 0 fully saturated rings. The largest absolute Gasteiger partial charge is 0.493 e. The lowest BCUT2D eigenvalue weighted by atomic mass is 10.0. The fourth-order valence-electron chi connectivity index (χ4n) is 3.77. The number of rotatable bonds is 7. The Bertz CT molecular complexity index is 1170. The van der Waals surface area contributed by atoms with Crippen LogP contribution in [0, 0.1) is 6.07 Å². The summed E-state index contributed by atoms with van der Waals surface area (Å²) >= 11 is 6.26. The number of ether oxygens (including phenoxy) is 2. The Morgan fingerprint density at radius 2 is 2.00 bits per heavy atom. The quantitative estimate of drug-likeness (QED) is 0.671. The number of halogens is 1. The number of carbonyl (C=O) groups excluding carboxylic acids is 2. The smallest absolute Gasteiger partial charge is 0.257 e. The first-order valence-corrected chi connectivity index (χ1v) is 11.6. The Labute approximate surface area is 185 Å². The highest BCUT2D eigenvalue weighted by Gasteiger charge is 2.55. The highest BCUT2D eigenvalue weighted by molar-refractivity contribution is 7.91. The molecular formula is C21H22ClN2O6S. The molecule has 0 aromatic heterocycles. The highest BCUT2D eigenvalue weighted by atomic mass is 35.5. The molecule has 1 heterocycles. The molecule has 2 amide bonds. The summed E-state index contributed by atoms with van der Waals surface area (Å²) in [5.41, 5.74) is 5.97. The van der Waals surface area contributed by atoms with E-state index in [1.54, 1.807) is 6.92 Å². The molecule has 0 saturated heterocycles. The van der Waals surface area contributed by atoms with Crippen LogP contribution in [0.1, 0.15) is 41.4 Å². The number of methoxy groups -OCH3 is 1. The van der Waals surface area contributed by atoms with Gasteiger partial charge in [0, 0.05) is 16.8 Å². The molecule has 0 bridgehead atoms. The van der Waals surface area contributed by atoms with Gasteiger partial charge in [0.25, 0.3) is 5.91 Å². The lowest BCUT2D eigenvalue weighted by Crippen LogP contribution is -2.53. The second-order valence-corrected chi connectivity index (χ2v) is 9.89. The van der Waals surface area contributed by atoms with Crippen molar-refractivity contribution in [3.05, 3.63) is 58.1 Å². The first-order chi connectivity index (χ1) is 14.5. The van der Waals surface area contributed by atoms with Crippen molar-refractivity contribution in [2.24, 2.45) is 5.73 Å². The summed E-state index contributed by atoms with van der Waals surface area (Å²) in [4.78, 5) is 24.8. The summed E-state index contributed by atoms with van der Waals surface area (Å²) in [6.45, 7) is 3.41. The van der Waals surface area contributed by atoms with Crippen LogP contribution in [-0.2, 0) is 19.5 Å². The number of nitrogens with zero attached hydrogens (tertiary/aromatic N) is 1. The van der Waals surface area contributed by atoms with Crippen LogP contribution in [0.15, 0.2) is 30.3 Å². The van der Waals surface area contributed by atoms with E-state index >= 15 is 0 Å². The Kier molecular flexibility index (Phi) is 5.94. The van der Waals surface area contributed by atoms with Gasteiger partial charge in [-0.25, -0.2) is 8.42 Å². The molecule has 31 heavy (non-hydrogen) atoms. The minimum absolute atomic E-state index is 0.00437. The average Bonchev–Trinajstić information content (AvgIpc) is 3.01. The zero-order valence-electron chi connectivity index (χ0n) is 17.4. The van der Waals surface area contributed by atoms with E-state index < -0.39 is 32.6 Å². The van der Waals surface area contributed by atoms with Gasteiger partial charge in [0.2, 0.25) is 5.91 Å². The SMILES string of the molecule is CCOc1cc(C(C)(N2C(=O)c3[c]ccc(Cl)c3C2C(N)=O)S(C)(=O)=O)ccc1OC. The molecule has 2 atom stereocenters. The first-order valence-electron chi connectivity index (χ1n) is 9.33. The third kappa shape index (κ3) is 3.51. The van der Waals surface area contributed by atoms with Crippen LogP contribution in [0.25, 0.3) is 0 Å². The number of benzene rings is 2. The van der Waals surface area contributed by atoms with Gasteiger partial charge in [0.15, 0.2) is 26.2 Å². The van der Waals surface area contributed by atoms with Crippen molar-refractivity contribution in [1.82, 2.24) is 4.90 Å². The second kappa shape index (κ2) is 8.05. The van der Waals surface area contributed by atoms with Crippen molar-refractivity contribution in [3.63, 3.8) is 0 Å². The molecule has 0 aliphatic carbocycles. The predicted octanol–water partition coefficient (Wildman–Crippen LogP) is 2.45. The van der Waals surface area contributed by atoms with E-state index in [1.165, 1.54) is 44.4 Å². The van der Waals surface area contributed by atoms with Gasteiger partial charge >= 0.3 is 0 Å². The number of hydrogen-bond acceptors (Lipinski definition) is 6. The van der Waals surface area contributed by atoms with Crippen LogP contribution in [0.4, 0.5) is 0 Å². The number of carbonyl (C=O) groups is 2. The maximum atomic E-state index is 13.4. The molecule has 1 aliphatic heterocycles. The maximum Gasteiger partial charge on any atom is 0.257 e. The first kappa shape index (κ1) is 22.9. The molecule has 10 heteroatoms. The number of fused-ring (bicyclic) bond motifs is 1. The van der Waals surface area contributed by atoms with Crippen LogP contribution >= 0.6 is 11.6 Å².